The molecule has 0 bridgehead atoms. The summed E-state index contributed by atoms with van der Waals surface area (Å²) >= 11 is 4.87. The van der Waals surface area contributed by atoms with Gasteiger partial charge in [0.1, 0.15) is 0 Å². The zero-order valence-electron chi connectivity index (χ0n) is 7.84. The highest BCUT2D eigenvalue weighted by atomic mass is 32.1. The van der Waals surface area contributed by atoms with Gasteiger partial charge in [0, 0.05) is 4.75 Å². The lowest BCUT2D eigenvalue weighted by atomic mass is 9.73. The SMILES string of the molecule is CC1CCCC(S)(C2=CCC2)C1. The third-order valence-electron chi connectivity index (χ3n) is 3.38. The second kappa shape index (κ2) is 3.10. The Labute approximate surface area is 80.8 Å². The van der Waals surface area contributed by atoms with Gasteiger partial charge in [0.2, 0.25) is 0 Å². The molecular formula is C11H18S. The first-order valence-electron chi connectivity index (χ1n) is 5.13. The molecular weight excluding hydrogens is 164 g/mol. The fourth-order valence-electron chi connectivity index (χ4n) is 2.53. The van der Waals surface area contributed by atoms with Gasteiger partial charge >= 0.3 is 0 Å². The smallest absolute Gasteiger partial charge is 0.0340 e. The van der Waals surface area contributed by atoms with Gasteiger partial charge in [0.05, 0.1) is 0 Å². The first-order chi connectivity index (χ1) is 5.71. The summed E-state index contributed by atoms with van der Waals surface area (Å²) in [4.78, 5) is 0. The quantitative estimate of drug-likeness (QED) is 0.465. The molecule has 0 radical (unpaired) electrons. The van der Waals surface area contributed by atoms with Gasteiger partial charge < -0.3 is 0 Å². The maximum atomic E-state index is 4.87. The van der Waals surface area contributed by atoms with Crippen LogP contribution >= 0.6 is 12.6 Å². The predicted molar refractivity (Wildman–Crippen MR) is 56.7 cm³/mol. The van der Waals surface area contributed by atoms with Gasteiger partial charge in [0.25, 0.3) is 0 Å². The van der Waals surface area contributed by atoms with Crippen LogP contribution in [0.25, 0.3) is 0 Å². The van der Waals surface area contributed by atoms with Crippen LogP contribution in [-0.4, -0.2) is 4.75 Å². The van der Waals surface area contributed by atoms with E-state index in [1.165, 1.54) is 38.5 Å². The van der Waals surface area contributed by atoms with E-state index < -0.39 is 0 Å². The number of allylic oxidation sites excluding steroid dienone is 1. The highest BCUT2D eigenvalue weighted by molar-refractivity contribution is 7.82. The van der Waals surface area contributed by atoms with Crippen molar-refractivity contribution < 1.29 is 0 Å². The van der Waals surface area contributed by atoms with Crippen molar-refractivity contribution in [3.05, 3.63) is 11.6 Å². The molecule has 68 valence electrons. The summed E-state index contributed by atoms with van der Waals surface area (Å²) in [5, 5.41) is 0. The van der Waals surface area contributed by atoms with Crippen molar-refractivity contribution in [2.45, 2.75) is 50.2 Å². The van der Waals surface area contributed by atoms with Crippen molar-refractivity contribution in [3.8, 4) is 0 Å². The molecule has 1 saturated carbocycles. The molecule has 0 saturated heterocycles. The molecule has 0 spiro atoms. The van der Waals surface area contributed by atoms with Crippen LogP contribution in [0.4, 0.5) is 0 Å². The molecule has 2 aliphatic carbocycles. The van der Waals surface area contributed by atoms with Crippen molar-refractivity contribution in [2.75, 3.05) is 0 Å². The summed E-state index contributed by atoms with van der Waals surface area (Å²) < 4.78 is 0.302. The highest BCUT2D eigenvalue weighted by Gasteiger charge is 2.35. The molecule has 2 unspecified atom stereocenters. The van der Waals surface area contributed by atoms with Crippen LogP contribution in [0.15, 0.2) is 11.6 Å². The van der Waals surface area contributed by atoms with E-state index in [9.17, 15) is 0 Å². The monoisotopic (exact) mass is 182 g/mol. The minimum Gasteiger partial charge on any atom is -0.168 e. The Hall–Kier alpha value is 0.0900. The summed E-state index contributed by atoms with van der Waals surface area (Å²) in [6, 6.07) is 0. The minimum atomic E-state index is 0.302. The van der Waals surface area contributed by atoms with Crippen LogP contribution in [0, 0.1) is 5.92 Å². The average molecular weight is 182 g/mol. The van der Waals surface area contributed by atoms with E-state index in [2.05, 4.69) is 13.0 Å². The largest absolute Gasteiger partial charge is 0.168 e. The number of rotatable bonds is 1. The Balaban J connectivity index is 2.08. The third kappa shape index (κ3) is 1.44. The highest BCUT2D eigenvalue weighted by Crippen LogP contribution is 2.46. The van der Waals surface area contributed by atoms with Gasteiger partial charge in [-0.3, -0.25) is 0 Å². The molecule has 1 heteroatoms. The maximum absolute atomic E-state index is 4.87. The Morgan fingerprint density at radius 2 is 2.33 bits per heavy atom. The van der Waals surface area contributed by atoms with Gasteiger partial charge in [0.15, 0.2) is 0 Å². The maximum Gasteiger partial charge on any atom is 0.0340 e. The number of hydrogen-bond acceptors (Lipinski definition) is 1. The topological polar surface area (TPSA) is 0 Å². The summed E-state index contributed by atoms with van der Waals surface area (Å²) in [7, 11) is 0. The summed E-state index contributed by atoms with van der Waals surface area (Å²) in [6.45, 7) is 2.36. The van der Waals surface area contributed by atoms with Gasteiger partial charge in [-0.1, -0.05) is 31.4 Å². The predicted octanol–water partition coefficient (Wildman–Crippen LogP) is 3.59. The molecule has 0 N–H and O–H groups in total. The number of thiol groups is 1. The van der Waals surface area contributed by atoms with Crippen molar-refractivity contribution in [1.82, 2.24) is 0 Å². The van der Waals surface area contributed by atoms with Gasteiger partial charge in [-0.15, -0.1) is 0 Å². The molecule has 2 rings (SSSR count). The van der Waals surface area contributed by atoms with Crippen LogP contribution in [-0.2, 0) is 0 Å². The normalized spacial score (nSPS) is 41.8. The first-order valence-corrected chi connectivity index (χ1v) is 5.57. The third-order valence-corrected chi connectivity index (χ3v) is 4.07. The lowest BCUT2D eigenvalue weighted by Gasteiger charge is -2.40. The number of hydrogen-bond donors (Lipinski definition) is 1. The van der Waals surface area contributed by atoms with Gasteiger partial charge in [-0.2, -0.15) is 12.6 Å². The van der Waals surface area contributed by atoms with E-state index in [-0.39, 0.29) is 0 Å². The van der Waals surface area contributed by atoms with E-state index in [1.807, 2.05) is 0 Å². The summed E-state index contributed by atoms with van der Waals surface area (Å²) in [6.07, 6.45) is 10.4. The molecule has 0 aliphatic heterocycles. The van der Waals surface area contributed by atoms with E-state index >= 15 is 0 Å². The van der Waals surface area contributed by atoms with Crippen molar-refractivity contribution in [3.63, 3.8) is 0 Å². The summed E-state index contributed by atoms with van der Waals surface area (Å²) in [5.41, 5.74) is 1.64. The molecule has 2 atom stereocenters. The Kier molecular flexibility index (Phi) is 2.24. The van der Waals surface area contributed by atoms with Gasteiger partial charge in [-0.25, -0.2) is 0 Å². The lowest BCUT2D eigenvalue weighted by Crippen LogP contribution is -2.33. The average Bonchev–Trinajstić information content (AvgIpc) is 1.79. The zero-order chi connectivity index (χ0) is 8.60. The fourth-order valence-corrected chi connectivity index (χ4v) is 3.20. The molecule has 2 aliphatic rings. The first kappa shape index (κ1) is 8.68. The van der Waals surface area contributed by atoms with Crippen LogP contribution in [0.2, 0.25) is 0 Å². The molecule has 12 heavy (non-hydrogen) atoms. The van der Waals surface area contributed by atoms with Crippen LogP contribution in [0.5, 0.6) is 0 Å². The zero-order valence-corrected chi connectivity index (χ0v) is 8.74. The van der Waals surface area contributed by atoms with E-state index in [1.54, 1.807) is 5.57 Å². The van der Waals surface area contributed by atoms with Crippen LogP contribution < -0.4 is 0 Å². The Bertz CT molecular complexity index is 207. The second-order valence-corrected chi connectivity index (χ2v) is 5.36. The van der Waals surface area contributed by atoms with Crippen LogP contribution in [0.1, 0.15) is 45.4 Å². The molecule has 1 fully saturated rings. The Morgan fingerprint density at radius 1 is 1.58 bits per heavy atom. The van der Waals surface area contributed by atoms with Crippen molar-refractivity contribution in [2.24, 2.45) is 5.92 Å². The second-order valence-electron chi connectivity index (χ2n) is 4.50. The Morgan fingerprint density at radius 3 is 2.83 bits per heavy atom. The molecule has 0 heterocycles. The van der Waals surface area contributed by atoms with Crippen molar-refractivity contribution >= 4 is 12.6 Å². The van der Waals surface area contributed by atoms with E-state index in [0.717, 1.165) is 5.92 Å². The van der Waals surface area contributed by atoms with Crippen molar-refractivity contribution in [1.29, 1.82) is 0 Å². The fraction of sp³-hybridized carbons (Fsp3) is 0.818. The molecule has 0 amide bonds. The lowest BCUT2D eigenvalue weighted by molar-refractivity contribution is 0.333. The molecule has 0 aromatic carbocycles. The summed E-state index contributed by atoms with van der Waals surface area (Å²) in [5.74, 6) is 0.887. The standard InChI is InChI=1S/C11H18S/c1-9-4-3-7-11(12,8-9)10-5-2-6-10/h5,9,12H,2-4,6-8H2,1H3. The van der Waals surface area contributed by atoms with Crippen LogP contribution in [0.3, 0.4) is 0 Å². The molecule has 0 aromatic heterocycles. The van der Waals surface area contributed by atoms with Gasteiger partial charge in [-0.05, 0) is 31.6 Å². The molecule has 0 nitrogen and oxygen atoms in total. The van der Waals surface area contributed by atoms with E-state index in [0.29, 0.717) is 4.75 Å². The minimum absolute atomic E-state index is 0.302. The van der Waals surface area contributed by atoms with E-state index in [4.69, 9.17) is 12.6 Å². The molecule has 0 aromatic rings.